The maximum atomic E-state index is 11.7. The van der Waals surface area contributed by atoms with Gasteiger partial charge in [-0.1, -0.05) is 20.8 Å². The number of rotatable bonds is 6. The summed E-state index contributed by atoms with van der Waals surface area (Å²) in [5, 5.41) is 11.7. The molecule has 0 saturated heterocycles. The molecule has 0 bridgehead atoms. The van der Waals surface area contributed by atoms with Crippen LogP contribution in [0.2, 0.25) is 0 Å². The van der Waals surface area contributed by atoms with Crippen molar-refractivity contribution in [2.75, 3.05) is 13.6 Å². The van der Waals surface area contributed by atoms with Crippen molar-refractivity contribution in [2.24, 2.45) is 11.8 Å². The van der Waals surface area contributed by atoms with Gasteiger partial charge in [0.2, 0.25) is 0 Å². The fourth-order valence-corrected chi connectivity index (χ4v) is 1.40. The van der Waals surface area contributed by atoms with Crippen LogP contribution in [0.4, 0.5) is 4.79 Å². The first-order valence-corrected chi connectivity index (χ1v) is 6.04. The Hall–Kier alpha value is -1.26. The molecule has 0 heterocycles. The third-order valence-electron chi connectivity index (χ3n) is 3.17. The summed E-state index contributed by atoms with van der Waals surface area (Å²) in [5.74, 6) is -1.41. The van der Waals surface area contributed by atoms with Gasteiger partial charge in [0, 0.05) is 19.6 Å². The van der Waals surface area contributed by atoms with Gasteiger partial charge in [-0.05, 0) is 19.3 Å². The van der Waals surface area contributed by atoms with Crippen molar-refractivity contribution in [3.8, 4) is 0 Å². The molecule has 0 aromatic heterocycles. The van der Waals surface area contributed by atoms with E-state index in [2.05, 4.69) is 5.32 Å². The maximum absolute atomic E-state index is 11.7. The molecule has 17 heavy (non-hydrogen) atoms. The number of amides is 2. The average molecular weight is 244 g/mol. The minimum Gasteiger partial charge on any atom is -0.481 e. The van der Waals surface area contributed by atoms with E-state index in [0.29, 0.717) is 0 Å². The van der Waals surface area contributed by atoms with Gasteiger partial charge in [0.15, 0.2) is 0 Å². The second-order valence-corrected chi connectivity index (χ2v) is 4.74. The van der Waals surface area contributed by atoms with Crippen LogP contribution >= 0.6 is 0 Å². The predicted octanol–water partition coefficient (Wildman–Crippen LogP) is 1.78. The number of urea groups is 1. The van der Waals surface area contributed by atoms with Crippen LogP contribution in [0.3, 0.4) is 0 Å². The molecule has 5 heteroatoms. The highest BCUT2D eigenvalue weighted by Crippen LogP contribution is 2.10. The Labute approximate surface area is 103 Å². The largest absolute Gasteiger partial charge is 0.481 e. The Morgan fingerprint density at radius 2 is 1.82 bits per heavy atom. The zero-order chi connectivity index (χ0) is 13.6. The van der Waals surface area contributed by atoms with Crippen LogP contribution in [0, 0.1) is 11.8 Å². The lowest BCUT2D eigenvalue weighted by Gasteiger charge is -2.25. The third kappa shape index (κ3) is 5.06. The Morgan fingerprint density at radius 3 is 2.18 bits per heavy atom. The highest BCUT2D eigenvalue weighted by Gasteiger charge is 2.23. The molecule has 0 radical (unpaired) electrons. The molecule has 0 aromatic rings. The molecule has 2 unspecified atom stereocenters. The SMILES string of the molecule is CCC(C)N(C)C(=O)NCC(C(=O)O)C(C)C. The quantitative estimate of drug-likeness (QED) is 0.748. The van der Waals surface area contributed by atoms with Crippen molar-refractivity contribution in [1.29, 1.82) is 0 Å². The first-order chi connectivity index (χ1) is 7.81. The molecule has 0 aliphatic carbocycles. The standard InChI is InChI=1S/C12H24N2O3/c1-6-9(4)14(5)12(17)13-7-10(8(2)3)11(15)16/h8-10H,6-7H2,1-5H3,(H,13,17)(H,15,16). The summed E-state index contributed by atoms with van der Waals surface area (Å²) in [5.41, 5.74) is 0. The number of hydrogen-bond acceptors (Lipinski definition) is 2. The first kappa shape index (κ1) is 15.7. The highest BCUT2D eigenvalue weighted by atomic mass is 16.4. The molecule has 0 aliphatic rings. The van der Waals surface area contributed by atoms with Crippen LogP contribution < -0.4 is 5.32 Å². The fourth-order valence-electron chi connectivity index (χ4n) is 1.40. The van der Waals surface area contributed by atoms with Gasteiger partial charge in [-0.3, -0.25) is 4.79 Å². The third-order valence-corrected chi connectivity index (χ3v) is 3.17. The monoisotopic (exact) mass is 244 g/mol. The molecular formula is C12H24N2O3. The Kier molecular flexibility index (Phi) is 6.61. The minimum atomic E-state index is -0.869. The number of nitrogens with zero attached hydrogens (tertiary/aromatic N) is 1. The van der Waals surface area contributed by atoms with Gasteiger partial charge in [-0.15, -0.1) is 0 Å². The van der Waals surface area contributed by atoms with Crippen LogP contribution in [0.25, 0.3) is 0 Å². The second-order valence-electron chi connectivity index (χ2n) is 4.74. The number of carboxylic acids is 1. The van der Waals surface area contributed by atoms with E-state index in [1.165, 1.54) is 0 Å². The van der Waals surface area contributed by atoms with E-state index in [-0.39, 0.29) is 24.5 Å². The molecule has 2 N–H and O–H groups in total. The topological polar surface area (TPSA) is 69.6 Å². The summed E-state index contributed by atoms with van der Waals surface area (Å²) in [6, 6.07) is -0.0661. The molecule has 5 nitrogen and oxygen atoms in total. The zero-order valence-corrected chi connectivity index (χ0v) is 11.4. The van der Waals surface area contributed by atoms with E-state index >= 15 is 0 Å². The van der Waals surface area contributed by atoms with Gasteiger partial charge >= 0.3 is 12.0 Å². The summed E-state index contributed by atoms with van der Waals surface area (Å²) >= 11 is 0. The van der Waals surface area contributed by atoms with Crippen molar-refractivity contribution in [1.82, 2.24) is 10.2 Å². The number of carbonyl (C=O) groups is 2. The molecular weight excluding hydrogens is 220 g/mol. The highest BCUT2D eigenvalue weighted by molar-refractivity contribution is 5.76. The normalized spacial score (nSPS) is 14.2. The molecule has 0 fully saturated rings. The number of carbonyl (C=O) groups excluding carboxylic acids is 1. The molecule has 0 aliphatic heterocycles. The predicted molar refractivity (Wildman–Crippen MR) is 66.9 cm³/mol. The lowest BCUT2D eigenvalue weighted by molar-refractivity contribution is -0.142. The molecule has 2 amide bonds. The maximum Gasteiger partial charge on any atom is 0.317 e. The van der Waals surface area contributed by atoms with Crippen molar-refractivity contribution in [3.05, 3.63) is 0 Å². The molecule has 0 spiro atoms. The number of carboxylic acid groups (broad SMARTS) is 1. The van der Waals surface area contributed by atoms with Crippen molar-refractivity contribution < 1.29 is 14.7 Å². The van der Waals surface area contributed by atoms with Gasteiger partial charge in [-0.25, -0.2) is 4.79 Å². The number of hydrogen-bond donors (Lipinski definition) is 2. The summed E-state index contributed by atoms with van der Waals surface area (Å²) in [6.07, 6.45) is 0.871. The van der Waals surface area contributed by atoms with E-state index in [4.69, 9.17) is 5.11 Å². The molecule has 0 aromatic carbocycles. The summed E-state index contributed by atoms with van der Waals surface area (Å²) in [4.78, 5) is 24.3. The van der Waals surface area contributed by atoms with Crippen molar-refractivity contribution in [2.45, 2.75) is 40.2 Å². The molecule has 0 saturated carbocycles. The molecule has 2 atom stereocenters. The Balaban J connectivity index is 4.26. The van der Waals surface area contributed by atoms with E-state index in [1.807, 2.05) is 27.7 Å². The summed E-state index contributed by atoms with van der Waals surface area (Å²) in [7, 11) is 1.72. The first-order valence-electron chi connectivity index (χ1n) is 6.04. The second kappa shape index (κ2) is 7.14. The smallest absolute Gasteiger partial charge is 0.317 e. The van der Waals surface area contributed by atoms with Crippen LogP contribution in [0.5, 0.6) is 0 Å². The van der Waals surface area contributed by atoms with Crippen molar-refractivity contribution >= 4 is 12.0 Å². The van der Waals surface area contributed by atoms with Gasteiger partial charge < -0.3 is 15.3 Å². The Morgan fingerprint density at radius 1 is 1.29 bits per heavy atom. The fraction of sp³-hybridized carbons (Fsp3) is 0.833. The van der Waals surface area contributed by atoms with Crippen LogP contribution in [0.1, 0.15) is 34.1 Å². The van der Waals surface area contributed by atoms with Crippen LogP contribution in [0.15, 0.2) is 0 Å². The van der Waals surface area contributed by atoms with E-state index in [1.54, 1.807) is 11.9 Å². The van der Waals surface area contributed by atoms with Crippen LogP contribution in [-0.4, -0.2) is 41.6 Å². The molecule has 0 rings (SSSR count). The van der Waals surface area contributed by atoms with E-state index in [9.17, 15) is 9.59 Å². The van der Waals surface area contributed by atoms with Gasteiger partial charge in [0.1, 0.15) is 0 Å². The average Bonchev–Trinajstić information content (AvgIpc) is 2.25. The zero-order valence-electron chi connectivity index (χ0n) is 11.4. The van der Waals surface area contributed by atoms with Gasteiger partial charge in [0.05, 0.1) is 5.92 Å². The lowest BCUT2D eigenvalue weighted by Crippen LogP contribution is -2.45. The van der Waals surface area contributed by atoms with Crippen LogP contribution in [-0.2, 0) is 4.79 Å². The number of aliphatic carboxylic acids is 1. The number of nitrogens with one attached hydrogen (secondary N) is 1. The Bertz CT molecular complexity index is 266. The minimum absolute atomic E-state index is 0.00158. The van der Waals surface area contributed by atoms with Gasteiger partial charge in [0.25, 0.3) is 0 Å². The summed E-state index contributed by atoms with van der Waals surface area (Å²) < 4.78 is 0. The van der Waals surface area contributed by atoms with Crippen molar-refractivity contribution in [3.63, 3.8) is 0 Å². The van der Waals surface area contributed by atoms with E-state index in [0.717, 1.165) is 6.42 Å². The van der Waals surface area contributed by atoms with E-state index < -0.39 is 11.9 Å². The van der Waals surface area contributed by atoms with Gasteiger partial charge in [-0.2, -0.15) is 0 Å². The summed E-state index contributed by atoms with van der Waals surface area (Å²) in [6.45, 7) is 7.80. The lowest BCUT2D eigenvalue weighted by atomic mass is 9.96. The molecule has 100 valence electrons.